The summed E-state index contributed by atoms with van der Waals surface area (Å²) in [4.78, 5) is 41.6. The number of halogens is 1. The molecule has 8 heteroatoms. The number of hydrogen-bond donors (Lipinski definition) is 2. The maximum absolute atomic E-state index is 13.5. The summed E-state index contributed by atoms with van der Waals surface area (Å²) in [5, 5.41) is 13.2. The fraction of sp³-hybridized carbons (Fsp3) is 0.464. The molecule has 1 aliphatic carbocycles. The zero-order valence-corrected chi connectivity index (χ0v) is 20.5. The number of aliphatic hydroxyl groups excluding tert-OH is 1. The number of nitrogens with one attached hydrogen (secondary N) is 1. The van der Waals surface area contributed by atoms with Crippen LogP contribution in [0.1, 0.15) is 61.9 Å². The van der Waals surface area contributed by atoms with Crippen molar-refractivity contribution in [3.05, 3.63) is 75.5 Å². The number of pyridine rings is 1. The van der Waals surface area contributed by atoms with E-state index in [1.807, 2.05) is 12.1 Å². The molecule has 0 unspecified atom stereocenters. The molecule has 0 spiro atoms. The fourth-order valence-corrected chi connectivity index (χ4v) is 6.17. The number of carbonyl (C=O) groups is 2. The van der Waals surface area contributed by atoms with Gasteiger partial charge in [0.1, 0.15) is 11.9 Å². The van der Waals surface area contributed by atoms with Crippen molar-refractivity contribution < 1.29 is 19.1 Å². The van der Waals surface area contributed by atoms with Crippen LogP contribution in [0.25, 0.3) is 5.57 Å². The van der Waals surface area contributed by atoms with Crippen molar-refractivity contribution in [3.63, 3.8) is 0 Å². The van der Waals surface area contributed by atoms with Crippen LogP contribution in [-0.4, -0.2) is 39.0 Å². The van der Waals surface area contributed by atoms with Gasteiger partial charge in [-0.15, -0.1) is 0 Å². The van der Waals surface area contributed by atoms with Gasteiger partial charge in [0, 0.05) is 49.2 Å². The summed E-state index contributed by atoms with van der Waals surface area (Å²) in [6.07, 6.45) is 6.42. The van der Waals surface area contributed by atoms with Gasteiger partial charge in [0.15, 0.2) is 0 Å². The Morgan fingerprint density at radius 1 is 1.14 bits per heavy atom. The Morgan fingerprint density at radius 3 is 2.58 bits per heavy atom. The zero-order valence-electron chi connectivity index (χ0n) is 20.5. The van der Waals surface area contributed by atoms with Crippen LogP contribution in [-0.2, 0) is 22.7 Å². The lowest BCUT2D eigenvalue weighted by Gasteiger charge is -2.31. The Morgan fingerprint density at radius 2 is 1.92 bits per heavy atom. The van der Waals surface area contributed by atoms with Crippen LogP contribution >= 0.6 is 0 Å². The van der Waals surface area contributed by atoms with Crippen molar-refractivity contribution in [3.8, 4) is 0 Å². The number of benzene rings is 1. The van der Waals surface area contributed by atoms with E-state index in [-0.39, 0.29) is 48.7 Å². The Balaban J connectivity index is 1.46. The normalized spacial score (nSPS) is 24.8. The second kappa shape index (κ2) is 10.0. The number of amides is 2. The maximum Gasteiger partial charge on any atom is 0.258 e. The minimum Gasteiger partial charge on any atom is -0.396 e. The summed E-state index contributed by atoms with van der Waals surface area (Å²) >= 11 is 0. The first-order chi connectivity index (χ1) is 17.4. The average molecular weight is 494 g/mol. The van der Waals surface area contributed by atoms with Crippen molar-refractivity contribution in [2.75, 3.05) is 6.61 Å². The molecule has 3 aliphatic rings. The van der Waals surface area contributed by atoms with Gasteiger partial charge in [0.25, 0.3) is 5.56 Å². The highest BCUT2D eigenvalue weighted by molar-refractivity contribution is 5.89. The van der Waals surface area contributed by atoms with Crippen LogP contribution in [0, 0.1) is 17.7 Å². The molecular formula is C28H32FN3O4. The molecule has 0 bridgehead atoms. The largest absolute Gasteiger partial charge is 0.396 e. The molecule has 1 aromatic carbocycles. The van der Waals surface area contributed by atoms with Crippen LogP contribution in [0.5, 0.6) is 0 Å². The molecule has 1 saturated heterocycles. The summed E-state index contributed by atoms with van der Waals surface area (Å²) in [6, 6.07) is 8.34. The number of carbonyl (C=O) groups excluding carboxylic acids is 2. The number of nitrogens with zero attached hydrogens (tertiary/aromatic N) is 2. The number of likely N-dealkylation sites (tertiary alicyclic amines) is 1. The van der Waals surface area contributed by atoms with Crippen molar-refractivity contribution in [1.82, 2.24) is 14.8 Å². The van der Waals surface area contributed by atoms with Gasteiger partial charge in [0.05, 0.1) is 6.04 Å². The van der Waals surface area contributed by atoms with Crippen LogP contribution in [0.4, 0.5) is 4.39 Å². The molecule has 190 valence electrons. The van der Waals surface area contributed by atoms with Crippen molar-refractivity contribution >= 4 is 17.4 Å². The Hall–Kier alpha value is -3.26. The molecule has 2 N–H and O–H groups in total. The maximum atomic E-state index is 13.5. The Kier molecular flexibility index (Phi) is 6.79. The van der Waals surface area contributed by atoms with Gasteiger partial charge in [0.2, 0.25) is 11.8 Å². The van der Waals surface area contributed by atoms with E-state index < -0.39 is 18.0 Å². The first kappa shape index (κ1) is 24.4. The molecule has 2 aromatic rings. The monoisotopic (exact) mass is 493 g/mol. The molecule has 0 saturated carbocycles. The van der Waals surface area contributed by atoms with Crippen molar-refractivity contribution in [2.24, 2.45) is 11.8 Å². The van der Waals surface area contributed by atoms with Gasteiger partial charge in [-0.05, 0) is 61.1 Å². The van der Waals surface area contributed by atoms with Gasteiger partial charge in [-0.3, -0.25) is 14.4 Å². The second-order valence-corrected chi connectivity index (χ2v) is 9.96. The minimum absolute atomic E-state index is 0.0621. The van der Waals surface area contributed by atoms with E-state index >= 15 is 0 Å². The summed E-state index contributed by atoms with van der Waals surface area (Å²) in [6.45, 7) is 2.02. The van der Waals surface area contributed by atoms with Gasteiger partial charge in [-0.2, -0.15) is 0 Å². The molecule has 7 nitrogen and oxygen atoms in total. The first-order valence-electron chi connectivity index (χ1n) is 12.8. The lowest BCUT2D eigenvalue weighted by molar-refractivity contribution is -0.141. The van der Waals surface area contributed by atoms with Gasteiger partial charge in [-0.1, -0.05) is 25.1 Å². The number of allylic oxidation sites excluding steroid dienone is 2. The highest BCUT2D eigenvalue weighted by atomic mass is 19.1. The van der Waals surface area contributed by atoms with E-state index in [2.05, 4.69) is 11.4 Å². The molecule has 2 aliphatic heterocycles. The number of rotatable bonds is 6. The van der Waals surface area contributed by atoms with Gasteiger partial charge in [-0.25, -0.2) is 4.39 Å². The molecular weight excluding hydrogens is 461 g/mol. The Labute approximate surface area is 209 Å². The minimum atomic E-state index is -0.845. The van der Waals surface area contributed by atoms with E-state index in [0.717, 1.165) is 42.5 Å². The molecule has 2 amide bonds. The number of hydrogen-bond acceptors (Lipinski definition) is 4. The van der Waals surface area contributed by atoms with E-state index in [4.69, 9.17) is 0 Å². The lowest BCUT2D eigenvalue weighted by atomic mass is 9.88. The molecule has 1 aromatic heterocycles. The topological polar surface area (TPSA) is 91.6 Å². The second-order valence-electron chi connectivity index (χ2n) is 9.96. The zero-order chi connectivity index (χ0) is 25.4. The molecule has 3 heterocycles. The van der Waals surface area contributed by atoms with Gasteiger partial charge < -0.3 is 19.9 Å². The summed E-state index contributed by atoms with van der Waals surface area (Å²) in [5.74, 6) is -1.65. The number of aliphatic hydroxyl groups is 1. The van der Waals surface area contributed by atoms with Crippen LogP contribution in [0.15, 0.2) is 47.3 Å². The van der Waals surface area contributed by atoms with Crippen LogP contribution in [0.2, 0.25) is 0 Å². The standard InChI is InChI=1S/C28H32FN3O4/c1-2-24(34)32-25-21(15-31-23(25)13-12-20(28(31)36)18-6-4-3-5-7-18)22(16-33)26(32)27(35)30-14-17-8-10-19(29)11-9-17/h6,8-13,21-22,25-26,33H,2-5,7,14-16H2,1H3,(H,30,35)/t21-,22-,25+,26-/m0/s1. The van der Waals surface area contributed by atoms with Crippen molar-refractivity contribution in [1.29, 1.82) is 0 Å². The highest BCUT2D eigenvalue weighted by Crippen LogP contribution is 2.49. The van der Waals surface area contributed by atoms with E-state index in [1.165, 1.54) is 12.1 Å². The molecule has 4 atom stereocenters. The van der Waals surface area contributed by atoms with E-state index in [9.17, 15) is 23.9 Å². The van der Waals surface area contributed by atoms with Crippen LogP contribution in [0.3, 0.4) is 0 Å². The van der Waals surface area contributed by atoms with Gasteiger partial charge >= 0.3 is 0 Å². The molecule has 1 fully saturated rings. The average Bonchev–Trinajstić information content (AvgIpc) is 3.43. The SMILES string of the molecule is CCC(=O)N1[C@H](C(=O)NCc2ccc(F)cc2)[C@@H](CO)[C@@H]2Cn3c(ccc(C4=CCCCC4)c3=O)[C@@H]21. The smallest absolute Gasteiger partial charge is 0.258 e. The van der Waals surface area contributed by atoms with E-state index in [1.54, 1.807) is 28.5 Å². The Bertz CT molecular complexity index is 1250. The molecule has 5 rings (SSSR count). The third kappa shape index (κ3) is 4.17. The predicted octanol–water partition coefficient (Wildman–Crippen LogP) is 3.16. The third-order valence-electron chi connectivity index (χ3n) is 7.95. The third-order valence-corrected chi connectivity index (χ3v) is 7.95. The lowest BCUT2D eigenvalue weighted by Crippen LogP contribution is -2.50. The van der Waals surface area contributed by atoms with Crippen LogP contribution < -0.4 is 10.9 Å². The number of aromatic nitrogens is 1. The molecule has 36 heavy (non-hydrogen) atoms. The highest BCUT2D eigenvalue weighted by Gasteiger charge is 2.57. The fourth-order valence-electron chi connectivity index (χ4n) is 6.17. The predicted molar refractivity (Wildman–Crippen MR) is 133 cm³/mol. The summed E-state index contributed by atoms with van der Waals surface area (Å²) < 4.78 is 15.0. The first-order valence-corrected chi connectivity index (χ1v) is 12.8. The quantitative estimate of drug-likeness (QED) is 0.647. The summed E-state index contributed by atoms with van der Waals surface area (Å²) in [5.41, 5.74) is 3.18. The van der Waals surface area contributed by atoms with E-state index in [0.29, 0.717) is 12.1 Å². The van der Waals surface area contributed by atoms with Crippen molar-refractivity contribution in [2.45, 2.75) is 64.2 Å². The molecule has 0 radical (unpaired) electrons. The summed E-state index contributed by atoms with van der Waals surface area (Å²) in [7, 11) is 0. The number of fused-ring (bicyclic) bond motifs is 3.